The van der Waals surface area contributed by atoms with E-state index in [-0.39, 0.29) is 29.2 Å². The molecule has 0 heterocycles. The lowest BCUT2D eigenvalue weighted by Gasteiger charge is -2.09. The van der Waals surface area contributed by atoms with Gasteiger partial charge < -0.3 is 4.74 Å². The van der Waals surface area contributed by atoms with Crippen LogP contribution in [0.2, 0.25) is 0 Å². The van der Waals surface area contributed by atoms with Crippen LogP contribution in [0.1, 0.15) is 11.1 Å². The fourth-order valence-electron chi connectivity index (χ4n) is 1.33. The molecule has 1 rings (SSSR count). The number of carbonyl (C=O) groups excluding carboxylic acids is 1. The predicted octanol–water partition coefficient (Wildman–Crippen LogP) is 3.53. The molecular formula is C11H10BrClF2O2. The highest BCUT2D eigenvalue weighted by Gasteiger charge is 2.10. The molecule has 0 spiro atoms. The lowest BCUT2D eigenvalue weighted by Crippen LogP contribution is -2.07. The second kappa shape index (κ2) is 6.91. The van der Waals surface area contributed by atoms with E-state index in [1.54, 1.807) is 6.07 Å². The number of Topliss-reactive ketones (excluding diaryl/α,β-unsaturated/α-hetero) is 1. The molecule has 0 aromatic heterocycles. The van der Waals surface area contributed by atoms with Crippen LogP contribution in [0.15, 0.2) is 18.2 Å². The van der Waals surface area contributed by atoms with Crippen LogP contribution in [0.4, 0.5) is 8.78 Å². The van der Waals surface area contributed by atoms with Crippen molar-refractivity contribution in [2.75, 3.05) is 5.33 Å². The van der Waals surface area contributed by atoms with Gasteiger partial charge in [-0.1, -0.05) is 22.0 Å². The van der Waals surface area contributed by atoms with E-state index in [1.165, 1.54) is 12.1 Å². The minimum absolute atomic E-state index is 0.00102. The smallest absolute Gasteiger partial charge is 0.387 e. The van der Waals surface area contributed by atoms with Crippen LogP contribution in [0, 0.1) is 0 Å². The molecule has 0 aliphatic rings. The maximum Gasteiger partial charge on any atom is 0.387 e. The van der Waals surface area contributed by atoms with Crippen molar-refractivity contribution in [3.05, 3.63) is 29.3 Å². The average molecular weight is 328 g/mol. The number of halogens is 4. The van der Waals surface area contributed by atoms with Crippen LogP contribution in [0.5, 0.6) is 5.75 Å². The highest BCUT2D eigenvalue weighted by Crippen LogP contribution is 2.22. The number of alkyl halides is 4. The third-order valence-corrected chi connectivity index (χ3v) is 3.00. The first kappa shape index (κ1) is 14.4. The second-order valence-corrected chi connectivity index (χ2v) is 4.12. The Kier molecular flexibility index (Phi) is 5.85. The predicted molar refractivity (Wildman–Crippen MR) is 65.1 cm³/mol. The summed E-state index contributed by atoms with van der Waals surface area (Å²) in [6, 6.07) is 4.41. The summed E-state index contributed by atoms with van der Waals surface area (Å²) in [6.45, 7) is -2.87. The Labute approximate surface area is 111 Å². The maximum atomic E-state index is 12.0. The number of ketones is 1. The normalized spacial score (nSPS) is 10.6. The molecule has 0 atom stereocenters. The summed E-state index contributed by atoms with van der Waals surface area (Å²) in [5.41, 5.74) is 1.35. The molecule has 0 amide bonds. The standard InChI is InChI=1S/C11H10BrClF2O2/c12-5-9(16)3-7-1-2-10(17-11(14)15)4-8(7)6-13/h1-2,4,11H,3,5-6H2. The summed E-state index contributed by atoms with van der Waals surface area (Å²) in [5.74, 6) is 0.190. The van der Waals surface area contributed by atoms with Crippen molar-refractivity contribution in [3.8, 4) is 5.75 Å². The van der Waals surface area contributed by atoms with Crippen molar-refractivity contribution < 1.29 is 18.3 Å². The van der Waals surface area contributed by atoms with Crippen molar-refractivity contribution in [1.82, 2.24) is 0 Å². The molecule has 0 N–H and O–H groups in total. The molecule has 1 aromatic rings. The molecule has 2 nitrogen and oxygen atoms in total. The van der Waals surface area contributed by atoms with Gasteiger partial charge in [0.25, 0.3) is 0 Å². The number of hydrogen-bond acceptors (Lipinski definition) is 2. The molecule has 17 heavy (non-hydrogen) atoms. The Morgan fingerprint density at radius 3 is 2.65 bits per heavy atom. The molecule has 6 heteroatoms. The lowest BCUT2D eigenvalue weighted by atomic mass is 10.0. The molecule has 1 aromatic carbocycles. The summed E-state index contributed by atoms with van der Waals surface area (Å²) in [5, 5.41) is 0.254. The third-order valence-electron chi connectivity index (χ3n) is 2.08. The van der Waals surface area contributed by atoms with Crippen LogP contribution < -0.4 is 4.74 Å². The quantitative estimate of drug-likeness (QED) is 0.747. The summed E-state index contributed by atoms with van der Waals surface area (Å²) < 4.78 is 28.3. The molecule has 0 fully saturated rings. The van der Waals surface area contributed by atoms with Gasteiger partial charge in [0, 0.05) is 12.3 Å². The summed E-state index contributed by atoms with van der Waals surface area (Å²) in [6.07, 6.45) is 0.224. The molecule has 94 valence electrons. The molecule has 0 bridgehead atoms. The largest absolute Gasteiger partial charge is 0.435 e. The van der Waals surface area contributed by atoms with Crippen LogP contribution in [0.3, 0.4) is 0 Å². The van der Waals surface area contributed by atoms with Gasteiger partial charge in [-0.15, -0.1) is 11.6 Å². The SMILES string of the molecule is O=C(CBr)Cc1ccc(OC(F)F)cc1CCl. The van der Waals surface area contributed by atoms with E-state index in [9.17, 15) is 13.6 Å². The summed E-state index contributed by atoms with van der Waals surface area (Å²) in [7, 11) is 0. The van der Waals surface area contributed by atoms with Gasteiger partial charge in [-0.2, -0.15) is 8.78 Å². The molecule has 0 aliphatic carbocycles. The fraction of sp³-hybridized carbons (Fsp3) is 0.364. The zero-order valence-corrected chi connectivity index (χ0v) is 11.1. The van der Waals surface area contributed by atoms with Gasteiger partial charge in [-0.25, -0.2) is 0 Å². The van der Waals surface area contributed by atoms with Gasteiger partial charge in [0.2, 0.25) is 0 Å². The van der Waals surface area contributed by atoms with Crippen LogP contribution in [-0.4, -0.2) is 17.7 Å². The van der Waals surface area contributed by atoms with Crippen molar-refractivity contribution in [2.24, 2.45) is 0 Å². The van der Waals surface area contributed by atoms with E-state index in [1.807, 2.05) is 0 Å². The van der Waals surface area contributed by atoms with E-state index < -0.39 is 6.61 Å². The zero-order valence-electron chi connectivity index (χ0n) is 8.76. The van der Waals surface area contributed by atoms with Crippen molar-refractivity contribution in [2.45, 2.75) is 18.9 Å². The average Bonchev–Trinajstić information content (AvgIpc) is 2.30. The van der Waals surface area contributed by atoms with Gasteiger partial charge in [-0.05, 0) is 23.3 Å². The van der Waals surface area contributed by atoms with Gasteiger partial charge >= 0.3 is 6.61 Å². The van der Waals surface area contributed by atoms with Crippen molar-refractivity contribution in [1.29, 1.82) is 0 Å². The van der Waals surface area contributed by atoms with Crippen molar-refractivity contribution in [3.63, 3.8) is 0 Å². The van der Waals surface area contributed by atoms with Gasteiger partial charge in [0.1, 0.15) is 11.5 Å². The summed E-state index contributed by atoms with van der Waals surface area (Å²) in [4.78, 5) is 11.3. The Bertz CT molecular complexity index is 399. The number of ether oxygens (including phenoxy) is 1. The van der Waals surface area contributed by atoms with Crippen molar-refractivity contribution >= 4 is 33.3 Å². The number of benzene rings is 1. The number of hydrogen-bond donors (Lipinski definition) is 0. The van der Waals surface area contributed by atoms with Gasteiger partial charge in [-0.3, -0.25) is 4.79 Å². The minimum Gasteiger partial charge on any atom is -0.435 e. The van der Waals surface area contributed by atoms with Crippen LogP contribution >= 0.6 is 27.5 Å². The van der Waals surface area contributed by atoms with Gasteiger partial charge in [0.05, 0.1) is 5.33 Å². The number of carbonyl (C=O) groups is 1. The Morgan fingerprint density at radius 2 is 2.12 bits per heavy atom. The molecule has 0 saturated heterocycles. The minimum atomic E-state index is -2.87. The molecule has 0 radical (unpaired) electrons. The number of rotatable bonds is 6. The second-order valence-electron chi connectivity index (χ2n) is 3.29. The molecular weight excluding hydrogens is 317 g/mol. The highest BCUT2D eigenvalue weighted by atomic mass is 79.9. The first-order valence-electron chi connectivity index (χ1n) is 4.77. The van der Waals surface area contributed by atoms with E-state index in [0.29, 0.717) is 5.56 Å². The maximum absolute atomic E-state index is 12.0. The van der Waals surface area contributed by atoms with E-state index in [4.69, 9.17) is 11.6 Å². The fourth-order valence-corrected chi connectivity index (χ4v) is 1.78. The highest BCUT2D eigenvalue weighted by molar-refractivity contribution is 9.09. The van der Waals surface area contributed by atoms with E-state index in [2.05, 4.69) is 20.7 Å². The first-order valence-corrected chi connectivity index (χ1v) is 6.42. The Hall–Kier alpha value is -0.680. The molecule has 0 unspecified atom stereocenters. The zero-order chi connectivity index (χ0) is 12.8. The Balaban J connectivity index is 2.89. The van der Waals surface area contributed by atoms with Crippen LogP contribution in [0.25, 0.3) is 0 Å². The Morgan fingerprint density at radius 1 is 1.41 bits per heavy atom. The van der Waals surface area contributed by atoms with E-state index in [0.717, 1.165) is 5.56 Å². The molecule has 0 saturated carbocycles. The monoisotopic (exact) mass is 326 g/mol. The molecule has 0 aliphatic heterocycles. The third kappa shape index (κ3) is 4.60. The first-order chi connectivity index (χ1) is 8.06. The van der Waals surface area contributed by atoms with Gasteiger partial charge in [0.15, 0.2) is 0 Å². The van der Waals surface area contributed by atoms with E-state index >= 15 is 0 Å². The lowest BCUT2D eigenvalue weighted by molar-refractivity contribution is -0.115. The van der Waals surface area contributed by atoms with Crippen LogP contribution in [-0.2, 0) is 17.1 Å². The summed E-state index contributed by atoms with van der Waals surface area (Å²) >= 11 is 8.76. The topological polar surface area (TPSA) is 26.3 Å².